The second kappa shape index (κ2) is 6.19. The fraction of sp³-hybridized carbons (Fsp3) is 0.429. The quantitative estimate of drug-likeness (QED) is 0.888. The maximum atomic E-state index is 12.1. The Morgan fingerprint density at radius 1 is 1.50 bits per heavy atom. The Hall–Kier alpha value is -1.66. The number of nitrogens with zero attached hydrogens (tertiary/aromatic N) is 1. The fourth-order valence-corrected chi connectivity index (χ4v) is 2.75. The minimum Gasteiger partial charge on any atom is -0.459 e. The molecule has 1 amide bonds. The van der Waals surface area contributed by atoms with Gasteiger partial charge in [-0.25, -0.2) is 4.98 Å². The molecule has 2 heterocycles. The molecule has 1 atom stereocenters. The molecule has 0 aliphatic rings. The Labute approximate surface area is 121 Å². The van der Waals surface area contributed by atoms with Crippen molar-refractivity contribution in [3.63, 3.8) is 0 Å². The van der Waals surface area contributed by atoms with Gasteiger partial charge < -0.3 is 14.8 Å². The minimum atomic E-state index is -0.157. The van der Waals surface area contributed by atoms with Gasteiger partial charge in [-0.1, -0.05) is 0 Å². The van der Waals surface area contributed by atoms with Crippen LogP contribution in [0, 0.1) is 13.8 Å². The van der Waals surface area contributed by atoms with Gasteiger partial charge in [-0.2, -0.15) is 0 Å². The standard InChI is InChI=1S/C14H18N2O3S/c1-8(6-7-17)15-13(18)12-10(3)16-14(20-12)11-5-4-9(2)19-11/h4-5,8,17H,6-7H2,1-3H3,(H,15,18). The van der Waals surface area contributed by atoms with Gasteiger partial charge in [-0.3, -0.25) is 4.79 Å². The lowest BCUT2D eigenvalue weighted by Crippen LogP contribution is -2.33. The van der Waals surface area contributed by atoms with E-state index in [1.807, 2.05) is 26.0 Å². The van der Waals surface area contributed by atoms with Crippen molar-refractivity contribution in [2.75, 3.05) is 6.61 Å². The molecule has 0 bridgehead atoms. The number of aryl methyl sites for hydroxylation is 2. The van der Waals surface area contributed by atoms with Gasteiger partial charge in [0.1, 0.15) is 10.6 Å². The predicted octanol–water partition coefficient (Wildman–Crippen LogP) is 2.52. The molecule has 20 heavy (non-hydrogen) atoms. The fourth-order valence-electron chi connectivity index (χ4n) is 1.82. The van der Waals surface area contributed by atoms with Crippen LogP contribution < -0.4 is 5.32 Å². The lowest BCUT2D eigenvalue weighted by atomic mass is 10.2. The zero-order valence-electron chi connectivity index (χ0n) is 11.8. The van der Waals surface area contributed by atoms with Gasteiger partial charge in [-0.15, -0.1) is 11.3 Å². The smallest absolute Gasteiger partial charge is 0.263 e. The van der Waals surface area contributed by atoms with E-state index in [4.69, 9.17) is 9.52 Å². The summed E-state index contributed by atoms with van der Waals surface area (Å²) in [6.45, 7) is 5.59. The van der Waals surface area contributed by atoms with Crippen molar-refractivity contribution in [2.45, 2.75) is 33.2 Å². The lowest BCUT2D eigenvalue weighted by molar-refractivity contribution is 0.0937. The number of rotatable bonds is 5. The predicted molar refractivity (Wildman–Crippen MR) is 77.9 cm³/mol. The van der Waals surface area contributed by atoms with E-state index in [9.17, 15) is 4.79 Å². The summed E-state index contributed by atoms with van der Waals surface area (Å²) in [6.07, 6.45) is 0.536. The van der Waals surface area contributed by atoms with Crippen molar-refractivity contribution in [1.29, 1.82) is 0 Å². The first-order chi connectivity index (χ1) is 9.51. The monoisotopic (exact) mass is 294 g/mol. The topological polar surface area (TPSA) is 75.4 Å². The normalized spacial score (nSPS) is 12.4. The maximum absolute atomic E-state index is 12.1. The van der Waals surface area contributed by atoms with Crippen LogP contribution in [0.3, 0.4) is 0 Å². The number of aliphatic hydroxyl groups is 1. The summed E-state index contributed by atoms with van der Waals surface area (Å²) in [5, 5.41) is 12.4. The van der Waals surface area contributed by atoms with Gasteiger partial charge in [-0.05, 0) is 39.3 Å². The molecule has 0 aliphatic carbocycles. The molecule has 0 fully saturated rings. The van der Waals surface area contributed by atoms with Gasteiger partial charge in [0.25, 0.3) is 5.91 Å². The zero-order chi connectivity index (χ0) is 14.7. The zero-order valence-corrected chi connectivity index (χ0v) is 12.6. The van der Waals surface area contributed by atoms with Crippen LogP contribution in [0.15, 0.2) is 16.5 Å². The number of aromatic nitrogens is 1. The number of nitrogens with one attached hydrogen (secondary N) is 1. The summed E-state index contributed by atoms with van der Waals surface area (Å²) in [4.78, 5) is 17.1. The summed E-state index contributed by atoms with van der Waals surface area (Å²) < 4.78 is 5.52. The molecule has 0 aliphatic heterocycles. The Kier molecular flexibility index (Phi) is 4.57. The van der Waals surface area contributed by atoms with Crippen LogP contribution in [0.2, 0.25) is 0 Å². The third-order valence-corrected chi connectivity index (χ3v) is 4.06. The van der Waals surface area contributed by atoms with Crippen molar-refractivity contribution < 1.29 is 14.3 Å². The third-order valence-electron chi connectivity index (χ3n) is 2.89. The molecule has 108 valence electrons. The van der Waals surface area contributed by atoms with Crippen molar-refractivity contribution in [3.8, 4) is 10.8 Å². The minimum absolute atomic E-state index is 0.0556. The summed E-state index contributed by atoms with van der Waals surface area (Å²) in [5.74, 6) is 1.34. The van der Waals surface area contributed by atoms with E-state index in [0.717, 1.165) is 5.76 Å². The first-order valence-corrected chi connectivity index (χ1v) is 7.29. The van der Waals surface area contributed by atoms with Crippen LogP contribution in [-0.2, 0) is 0 Å². The number of amides is 1. The van der Waals surface area contributed by atoms with Gasteiger partial charge in [0.05, 0.1) is 5.69 Å². The van der Waals surface area contributed by atoms with Gasteiger partial charge >= 0.3 is 0 Å². The molecule has 0 aromatic carbocycles. The second-order valence-corrected chi connectivity index (χ2v) is 5.73. The number of carbonyl (C=O) groups excluding carboxylic acids is 1. The number of hydrogen-bond acceptors (Lipinski definition) is 5. The highest BCUT2D eigenvalue weighted by Crippen LogP contribution is 2.29. The van der Waals surface area contributed by atoms with E-state index in [1.165, 1.54) is 11.3 Å². The highest BCUT2D eigenvalue weighted by molar-refractivity contribution is 7.17. The Morgan fingerprint density at radius 2 is 2.25 bits per heavy atom. The molecule has 5 nitrogen and oxygen atoms in total. The van der Waals surface area contributed by atoms with Crippen molar-refractivity contribution in [1.82, 2.24) is 10.3 Å². The van der Waals surface area contributed by atoms with E-state index in [2.05, 4.69) is 10.3 Å². The summed E-state index contributed by atoms with van der Waals surface area (Å²) in [6, 6.07) is 3.65. The average molecular weight is 294 g/mol. The molecular weight excluding hydrogens is 276 g/mol. The van der Waals surface area contributed by atoms with E-state index >= 15 is 0 Å². The molecule has 2 aromatic rings. The summed E-state index contributed by atoms with van der Waals surface area (Å²) in [7, 11) is 0. The van der Waals surface area contributed by atoms with Crippen LogP contribution in [0.4, 0.5) is 0 Å². The van der Waals surface area contributed by atoms with Crippen LogP contribution >= 0.6 is 11.3 Å². The number of furan rings is 1. The molecule has 2 N–H and O–H groups in total. The summed E-state index contributed by atoms with van der Waals surface area (Å²) >= 11 is 1.31. The van der Waals surface area contributed by atoms with Crippen molar-refractivity contribution in [3.05, 3.63) is 28.5 Å². The highest BCUT2D eigenvalue weighted by Gasteiger charge is 2.18. The van der Waals surface area contributed by atoms with Crippen molar-refractivity contribution in [2.24, 2.45) is 0 Å². The number of carbonyl (C=O) groups is 1. The molecule has 6 heteroatoms. The van der Waals surface area contributed by atoms with Crippen LogP contribution in [0.1, 0.15) is 34.5 Å². The van der Waals surface area contributed by atoms with E-state index in [0.29, 0.717) is 27.8 Å². The van der Waals surface area contributed by atoms with E-state index in [-0.39, 0.29) is 18.6 Å². The third kappa shape index (κ3) is 3.26. The van der Waals surface area contributed by atoms with Crippen LogP contribution in [0.5, 0.6) is 0 Å². The molecule has 0 spiro atoms. The van der Waals surface area contributed by atoms with E-state index < -0.39 is 0 Å². The van der Waals surface area contributed by atoms with Crippen molar-refractivity contribution >= 4 is 17.2 Å². The maximum Gasteiger partial charge on any atom is 0.263 e. The van der Waals surface area contributed by atoms with Crippen LogP contribution in [0.25, 0.3) is 10.8 Å². The second-order valence-electron chi connectivity index (χ2n) is 4.73. The molecule has 2 rings (SSSR count). The number of hydrogen-bond donors (Lipinski definition) is 2. The average Bonchev–Trinajstić information content (AvgIpc) is 2.95. The largest absolute Gasteiger partial charge is 0.459 e. The van der Waals surface area contributed by atoms with Gasteiger partial charge in [0, 0.05) is 12.6 Å². The number of aliphatic hydroxyl groups excluding tert-OH is 1. The molecule has 2 aromatic heterocycles. The van der Waals surface area contributed by atoms with Gasteiger partial charge in [0.2, 0.25) is 0 Å². The molecular formula is C14H18N2O3S. The molecule has 0 radical (unpaired) electrons. The van der Waals surface area contributed by atoms with E-state index in [1.54, 1.807) is 6.92 Å². The molecule has 1 unspecified atom stereocenters. The van der Waals surface area contributed by atoms with Crippen LogP contribution in [-0.4, -0.2) is 28.6 Å². The van der Waals surface area contributed by atoms with Gasteiger partial charge in [0.15, 0.2) is 10.8 Å². The first-order valence-electron chi connectivity index (χ1n) is 6.47. The first kappa shape index (κ1) is 14.7. The molecule has 0 saturated heterocycles. The lowest BCUT2D eigenvalue weighted by Gasteiger charge is -2.11. The Morgan fingerprint density at radius 3 is 2.85 bits per heavy atom. The SMILES string of the molecule is Cc1ccc(-c2nc(C)c(C(=O)NC(C)CCO)s2)o1. The summed E-state index contributed by atoms with van der Waals surface area (Å²) in [5.41, 5.74) is 0.688. The Balaban J connectivity index is 2.17. The Bertz CT molecular complexity index is 603. The number of thiazole rings is 1. The highest BCUT2D eigenvalue weighted by atomic mass is 32.1. The molecule has 0 saturated carbocycles.